The zero-order valence-electron chi connectivity index (χ0n) is 16.2. The van der Waals surface area contributed by atoms with Crippen molar-refractivity contribution in [2.24, 2.45) is 0 Å². The quantitative estimate of drug-likeness (QED) is 0.721. The van der Waals surface area contributed by atoms with Crippen LogP contribution >= 0.6 is 0 Å². The Bertz CT molecular complexity index is 902. The summed E-state index contributed by atoms with van der Waals surface area (Å²) in [4.78, 5) is 13.8. The predicted molar refractivity (Wildman–Crippen MR) is 108 cm³/mol. The molecule has 0 saturated carbocycles. The van der Waals surface area contributed by atoms with Crippen LogP contribution in [0.15, 0.2) is 53.4 Å². The number of benzene rings is 2. The number of morpholine rings is 1. The van der Waals surface area contributed by atoms with Gasteiger partial charge < -0.3 is 4.74 Å². The van der Waals surface area contributed by atoms with Gasteiger partial charge in [-0.2, -0.15) is 0 Å². The lowest BCUT2D eigenvalue weighted by Gasteiger charge is -2.31. The first-order valence-corrected chi connectivity index (χ1v) is 10.8. The number of carbonyl (C=O) groups is 1. The Labute approximate surface area is 166 Å². The number of rotatable bonds is 7. The molecule has 0 unspecified atom stereocenters. The van der Waals surface area contributed by atoms with Gasteiger partial charge in [0, 0.05) is 25.2 Å². The Morgan fingerprint density at radius 2 is 1.68 bits per heavy atom. The first kappa shape index (κ1) is 20.7. The van der Waals surface area contributed by atoms with Gasteiger partial charge >= 0.3 is 0 Å². The highest BCUT2D eigenvalue weighted by Crippen LogP contribution is 2.20. The molecule has 0 bridgehead atoms. The van der Waals surface area contributed by atoms with Crippen LogP contribution in [0.4, 0.5) is 0 Å². The monoisotopic (exact) mass is 402 g/mol. The maximum atomic E-state index is 13.0. The van der Waals surface area contributed by atoms with Crippen LogP contribution in [0.1, 0.15) is 34.5 Å². The second-order valence-electron chi connectivity index (χ2n) is 7.08. The molecule has 7 heteroatoms. The van der Waals surface area contributed by atoms with Crippen LogP contribution in [-0.2, 0) is 14.8 Å². The summed E-state index contributed by atoms with van der Waals surface area (Å²) < 4.78 is 34.2. The smallest absolute Gasteiger partial charge is 0.241 e. The van der Waals surface area contributed by atoms with E-state index >= 15 is 0 Å². The minimum atomic E-state index is -3.73. The van der Waals surface area contributed by atoms with Crippen LogP contribution in [0.2, 0.25) is 0 Å². The van der Waals surface area contributed by atoms with Crippen molar-refractivity contribution < 1.29 is 17.9 Å². The fraction of sp³-hybridized carbons (Fsp3) is 0.381. The first-order valence-electron chi connectivity index (χ1n) is 9.35. The molecular weight excluding hydrogens is 376 g/mol. The summed E-state index contributed by atoms with van der Waals surface area (Å²) in [6, 6.07) is 13.5. The van der Waals surface area contributed by atoms with E-state index in [4.69, 9.17) is 4.74 Å². The molecule has 150 valence electrons. The van der Waals surface area contributed by atoms with Crippen LogP contribution in [0.25, 0.3) is 0 Å². The molecular formula is C21H26N2O4S. The van der Waals surface area contributed by atoms with Crippen molar-refractivity contribution in [1.82, 2.24) is 9.62 Å². The molecule has 0 spiro atoms. The number of Topliss-reactive ketones (excluding diaryl/α,β-unsaturated/α-hetero) is 1. The van der Waals surface area contributed by atoms with Gasteiger partial charge in [-0.3, -0.25) is 9.69 Å². The van der Waals surface area contributed by atoms with Crippen LogP contribution in [-0.4, -0.2) is 51.9 Å². The maximum Gasteiger partial charge on any atom is 0.241 e. The van der Waals surface area contributed by atoms with Gasteiger partial charge in [-0.05, 0) is 31.5 Å². The Hall–Kier alpha value is -2.06. The highest BCUT2D eigenvalue weighted by Gasteiger charge is 2.24. The summed E-state index contributed by atoms with van der Waals surface area (Å²) in [5, 5.41) is 0. The van der Waals surface area contributed by atoms with Crippen LogP contribution in [0, 0.1) is 6.92 Å². The van der Waals surface area contributed by atoms with Crippen molar-refractivity contribution in [2.45, 2.75) is 24.8 Å². The van der Waals surface area contributed by atoms with E-state index in [0.29, 0.717) is 25.3 Å². The third kappa shape index (κ3) is 5.26. The molecule has 1 aliphatic heterocycles. The summed E-state index contributed by atoms with van der Waals surface area (Å²) >= 11 is 0. The first-order chi connectivity index (χ1) is 13.3. The van der Waals surface area contributed by atoms with Crippen molar-refractivity contribution in [3.05, 3.63) is 65.2 Å². The van der Waals surface area contributed by atoms with E-state index in [0.717, 1.165) is 24.2 Å². The summed E-state index contributed by atoms with van der Waals surface area (Å²) in [5.74, 6) is -0.0956. The van der Waals surface area contributed by atoms with Gasteiger partial charge in [0.05, 0.1) is 24.2 Å². The molecule has 6 nitrogen and oxygen atoms in total. The lowest BCUT2D eigenvalue weighted by molar-refractivity contribution is 0.0345. The number of ether oxygens (including phenoxy) is 1. The van der Waals surface area contributed by atoms with Crippen molar-refractivity contribution in [3.8, 4) is 0 Å². The third-order valence-electron chi connectivity index (χ3n) is 4.89. The largest absolute Gasteiger partial charge is 0.379 e. The second kappa shape index (κ2) is 8.96. The van der Waals surface area contributed by atoms with Crippen molar-refractivity contribution >= 4 is 15.8 Å². The van der Waals surface area contributed by atoms with Crippen molar-refractivity contribution in [1.29, 1.82) is 0 Å². The zero-order valence-corrected chi connectivity index (χ0v) is 17.0. The van der Waals surface area contributed by atoms with Gasteiger partial charge in [0.15, 0.2) is 5.78 Å². The van der Waals surface area contributed by atoms with E-state index in [9.17, 15) is 13.2 Å². The molecule has 1 aliphatic rings. The Morgan fingerprint density at radius 3 is 2.25 bits per heavy atom. The Balaban J connectivity index is 1.84. The lowest BCUT2D eigenvalue weighted by Crippen LogP contribution is -2.43. The number of nitrogens with one attached hydrogen (secondary N) is 1. The summed E-state index contributed by atoms with van der Waals surface area (Å²) in [6.07, 6.45) is 0. The topological polar surface area (TPSA) is 75.7 Å². The highest BCUT2D eigenvalue weighted by molar-refractivity contribution is 7.89. The SMILES string of the molecule is CC(=O)c1ccc(S(=O)(=O)N[C@@H](CN2CCOCC2)c2ccc(C)cc2)cc1. The van der Waals surface area contributed by atoms with Crippen LogP contribution < -0.4 is 4.72 Å². The molecule has 1 N–H and O–H groups in total. The van der Waals surface area contributed by atoms with E-state index in [2.05, 4.69) is 9.62 Å². The molecule has 0 aromatic heterocycles. The molecule has 1 fully saturated rings. The van der Waals surface area contributed by atoms with Gasteiger partial charge in [0.2, 0.25) is 10.0 Å². The molecule has 28 heavy (non-hydrogen) atoms. The van der Waals surface area contributed by atoms with Crippen LogP contribution in [0.3, 0.4) is 0 Å². The second-order valence-corrected chi connectivity index (χ2v) is 8.79. The average molecular weight is 403 g/mol. The summed E-state index contributed by atoms with van der Waals surface area (Å²) in [7, 11) is -3.73. The van der Waals surface area contributed by atoms with E-state index in [1.807, 2.05) is 31.2 Å². The fourth-order valence-corrected chi connectivity index (χ4v) is 4.39. The zero-order chi connectivity index (χ0) is 20.1. The molecule has 1 atom stereocenters. The normalized spacial score (nSPS) is 16.6. The maximum absolute atomic E-state index is 13.0. The van der Waals surface area contributed by atoms with Crippen LogP contribution in [0.5, 0.6) is 0 Å². The number of sulfonamides is 1. The molecule has 0 radical (unpaired) electrons. The highest BCUT2D eigenvalue weighted by atomic mass is 32.2. The molecule has 3 rings (SSSR count). The van der Waals surface area contributed by atoms with Crippen molar-refractivity contribution in [2.75, 3.05) is 32.8 Å². The molecule has 0 aliphatic carbocycles. The number of carbonyl (C=O) groups excluding carboxylic acids is 1. The number of aryl methyl sites for hydroxylation is 1. The van der Waals surface area contributed by atoms with Gasteiger partial charge in [-0.1, -0.05) is 42.0 Å². The number of hydrogen-bond acceptors (Lipinski definition) is 5. The lowest BCUT2D eigenvalue weighted by atomic mass is 10.1. The standard InChI is InChI=1S/C21H26N2O4S/c1-16-3-5-19(6-4-16)21(15-23-11-13-27-14-12-23)22-28(25,26)20-9-7-18(8-10-20)17(2)24/h3-10,21-22H,11-15H2,1-2H3/t21-/m0/s1. The molecule has 0 amide bonds. The van der Waals surface area contributed by atoms with Gasteiger partial charge in [0.1, 0.15) is 0 Å². The van der Waals surface area contributed by atoms with Crippen molar-refractivity contribution in [3.63, 3.8) is 0 Å². The van der Waals surface area contributed by atoms with E-state index in [-0.39, 0.29) is 16.7 Å². The van der Waals surface area contributed by atoms with E-state index in [1.54, 1.807) is 12.1 Å². The summed E-state index contributed by atoms with van der Waals surface area (Å²) in [5.41, 5.74) is 2.53. The van der Waals surface area contributed by atoms with E-state index < -0.39 is 10.0 Å². The predicted octanol–water partition coefficient (Wildman–Crippen LogP) is 2.55. The summed E-state index contributed by atoms with van der Waals surface area (Å²) in [6.45, 7) is 6.88. The third-order valence-corrected chi connectivity index (χ3v) is 6.38. The molecule has 2 aromatic carbocycles. The average Bonchev–Trinajstić information content (AvgIpc) is 2.69. The number of hydrogen-bond donors (Lipinski definition) is 1. The minimum Gasteiger partial charge on any atom is -0.379 e. The number of nitrogens with zero attached hydrogens (tertiary/aromatic N) is 1. The number of ketones is 1. The fourth-order valence-electron chi connectivity index (χ4n) is 3.18. The minimum absolute atomic E-state index is 0.0956. The molecule has 1 heterocycles. The Morgan fingerprint density at radius 1 is 1.07 bits per heavy atom. The van der Waals surface area contributed by atoms with Gasteiger partial charge in [-0.15, -0.1) is 0 Å². The van der Waals surface area contributed by atoms with E-state index in [1.165, 1.54) is 19.1 Å². The van der Waals surface area contributed by atoms with Gasteiger partial charge in [-0.25, -0.2) is 13.1 Å². The van der Waals surface area contributed by atoms with Gasteiger partial charge in [0.25, 0.3) is 0 Å². The molecule has 1 saturated heterocycles. The molecule has 2 aromatic rings. The Kier molecular flexibility index (Phi) is 6.61.